The molecule has 0 bridgehead atoms. The van der Waals surface area contributed by atoms with Gasteiger partial charge >= 0.3 is 5.97 Å². The van der Waals surface area contributed by atoms with E-state index in [1.165, 1.54) is 13.8 Å². The summed E-state index contributed by atoms with van der Waals surface area (Å²) in [6.45, 7) is 17.9. The van der Waals surface area contributed by atoms with Crippen molar-refractivity contribution in [1.82, 2.24) is 15.5 Å². The molecule has 0 unspecified atom stereocenters. The minimum atomic E-state index is -1.82. The van der Waals surface area contributed by atoms with Crippen LogP contribution in [0.15, 0.2) is 30.3 Å². The van der Waals surface area contributed by atoms with Crippen LogP contribution in [0.25, 0.3) is 0 Å². The van der Waals surface area contributed by atoms with Crippen LogP contribution in [0.2, 0.25) is 0 Å². The number of rotatable bonds is 9. The fraction of sp³-hybridized carbons (Fsp3) is 0.795. The lowest BCUT2D eigenvalue weighted by atomic mass is 9.78. The standard InChI is InChI=1S/C39H67N3O9S/c1-10-30-39(9,48)33(45)28(7)42(18-14-17-40-37(52)41-21-29-15-12-11-13-16-29)22-23(2)20-38(8,47)34(26(5)32(44)27(6)35(46)50-30)51-36-31(43)24(3)19-25(4)49-36/h11-13,15-16,23-28,30-34,36,43-45,47-48H,10,14,17-22H2,1-9H3,(H2,40,41,52)/t23-,24-,25+,26+,27-,28-,30-,31+,32+,33-,34-,36-,38-,39-/m1/s1. The van der Waals surface area contributed by atoms with E-state index in [1.54, 1.807) is 20.8 Å². The fourth-order valence-corrected chi connectivity index (χ4v) is 8.15. The summed E-state index contributed by atoms with van der Waals surface area (Å²) >= 11 is 5.49. The summed E-state index contributed by atoms with van der Waals surface area (Å²) in [4.78, 5) is 15.6. The van der Waals surface area contributed by atoms with Crippen LogP contribution in [-0.2, 0) is 25.5 Å². The number of carbonyl (C=O) groups is 1. The summed E-state index contributed by atoms with van der Waals surface area (Å²) in [5, 5.41) is 65.3. The SMILES string of the molecule is CC[C@H]1OC(=O)[C@H](C)[C@@H](O)[C@H](C)[C@@H](O[C@H]2O[C@@H](C)C[C@@H](C)[C@@H]2O)[C@](C)(O)C[C@@H](C)CN(CCCNC(=S)NCc2ccccc2)[C@H](C)[C@@H](O)[C@]1(C)O. The molecule has 0 aromatic heterocycles. The van der Waals surface area contributed by atoms with Crippen molar-refractivity contribution in [3.8, 4) is 0 Å². The second kappa shape index (κ2) is 19.6. The van der Waals surface area contributed by atoms with Crippen molar-refractivity contribution in [2.45, 2.75) is 155 Å². The highest BCUT2D eigenvalue weighted by atomic mass is 32.1. The van der Waals surface area contributed by atoms with Crippen LogP contribution in [0.1, 0.15) is 93.6 Å². The maximum Gasteiger partial charge on any atom is 0.311 e. The Morgan fingerprint density at radius 1 is 1.02 bits per heavy atom. The number of hydrogen-bond donors (Lipinski definition) is 7. The van der Waals surface area contributed by atoms with E-state index >= 15 is 0 Å². The Morgan fingerprint density at radius 2 is 1.67 bits per heavy atom. The highest BCUT2D eigenvalue weighted by molar-refractivity contribution is 7.80. The van der Waals surface area contributed by atoms with Crippen molar-refractivity contribution in [2.24, 2.45) is 23.7 Å². The molecule has 1 aromatic rings. The van der Waals surface area contributed by atoms with Crippen LogP contribution < -0.4 is 10.6 Å². The number of carbonyl (C=O) groups excluding carboxylic acids is 1. The molecule has 0 saturated carbocycles. The fourth-order valence-electron chi connectivity index (χ4n) is 7.98. The molecule has 2 saturated heterocycles. The molecule has 0 amide bonds. The summed E-state index contributed by atoms with van der Waals surface area (Å²) in [5.74, 6) is -2.89. The van der Waals surface area contributed by atoms with Crippen molar-refractivity contribution in [1.29, 1.82) is 0 Å². The molecule has 2 aliphatic rings. The Bertz CT molecular complexity index is 1260. The first-order chi connectivity index (χ1) is 24.3. The smallest absolute Gasteiger partial charge is 0.311 e. The Morgan fingerprint density at radius 3 is 2.31 bits per heavy atom. The van der Waals surface area contributed by atoms with Crippen LogP contribution in [-0.4, -0.2) is 121 Å². The molecule has 14 atom stereocenters. The van der Waals surface area contributed by atoms with E-state index in [4.69, 9.17) is 26.4 Å². The lowest BCUT2D eigenvalue weighted by Gasteiger charge is -2.45. The molecule has 7 N–H and O–H groups in total. The molecule has 52 heavy (non-hydrogen) atoms. The van der Waals surface area contributed by atoms with Crippen LogP contribution in [0.3, 0.4) is 0 Å². The van der Waals surface area contributed by atoms with Crippen LogP contribution in [0.4, 0.5) is 0 Å². The first-order valence-corrected chi connectivity index (χ1v) is 19.5. The van der Waals surface area contributed by atoms with Crippen LogP contribution >= 0.6 is 12.2 Å². The monoisotopic (exact) mass is 753 g/mol. The van der Waals surface area contributed by atoms with E-state index in [9.17, 15) is 30.3 Å². The first kappa shape index (κ1) is 44.5. The van der Waals surface area contributed by atoms with E-state index in [-0.39, 0.29) is 30.8 Å². The number of thiocarbonyl (C=S) groups is 1. The zero-order chi connectivity index (χ0) is 39.0. The van der Waals surface area contributed by atoms with Gasteiger partial charge in [-0.05, 0) is 89.9 Å². The molecular formula is C39H67N3O9S. The average Bonchev–Trinajstić information content (AvgIpc) is 3.09. The Balaban J connectivity index is 1.88. The molecule has 2 fully saturated rings. The number of nitrogens with zero attached hydrogens (tertiary/aromatic N) is 1. The molecule has 298 valence electrons. The van der Waals surface area contributed by atoms with Crippen molar-refractivity contribution in [3.05, 3.63) is 35.9 Å². The molecule has 0 spiro atoms. The predicted octanol–water partition coefficient (Wildman–Crippen LogP) is 3.11. The largest absolute Gasteiger partial charge is 0.459 e. The zero-order valence-corrected chi connectivity index (χ0v) is 33.5. The third-order valence-corrected chi connectivity index (χ3v) is 11.4. The van der Waals surface area contributed by atoms with Gasteiger partial charge in [0.05, 0.1) is 29.8 Å². The summed E-state index contributed by atoms with van der Waals surface area (Å²) in [5.41, 5.74) is -2.25. The number of hydrogen-bond acceptors (Lipinski definition) is 11. The van der Waals surface area contributed by atoms with Crippen molar-refractivity contribution in [3.63, 3.8) is 0 Å². The minimum absolute atomic E-state index is 0.113. The second-order valence-electron chi connectivity index (χ2n) is 16.1. The summed E-state index contributed by atoms with van der Waals surface area (Å²) < 4.78 is 18.3. The number of ether oxygens (including phenoxy) is 3. The van der Waals surface area contributed by atoms with Gasteiger partial charge < -0.3 is 50.4 Å². The average molecular weight is 754 g/mol. The maximum atomic E-state index is 13.5. The van der Waals surface area contributed by atoms with Gasteiger partial charge in [-0.25, -0.2) is 0 Å². The van der Waals surface area contributed by atoms with Crippen molar-refractivity contribution in [2.75, 3.05) is 19.6 Å². The van der Waals surface area contributed by atoms with Crippen LogP contribution in [0.5, 0.6) is 0 Å². The number of benzene rings is 1. The van der Waals surface area contributed by atoms with E-state index in [2.05, 4.69) is 15.5 Å². The molecule has 12 nitrogen and oxygen atoms in total. The van der Waals surface area contributed by atoms with Gasteiger partial charge in [0.2, 0.25) is 0 Å². The van der Waals surface area contributed by atoms with E-state index in [1.807, 2.05) is 58.0 Å². The van der Waals surface area contributed by atoms with Crippen LogP contribution in [0, 0.1) is 23.7 Å². The van der Waals surface area contributed by atoms with E-state index in [0.717, 1.165) is 5.56 Å². The Kier molecular flexibility index (Phi) is 16.7. The number of aliphatic hydroxyl groups excluding tert-OH is 3. The summed E-state index contributed by atoms with van der Waals surface area (Å²) in [6, 6.07) is 9.38. The van der Waals surface area contributed by atoms with Gasteiger partial charge in [0.25, 0.3) is 0 Å². The quantitative estimate of drug-likeness (QED) is 0.112. The predicted molar refractivity (Wildman–Crippen MR) is 204 cm³/mol. The van der Waals surface area contributed by atoms with Crippen molar-refractivity contribution >= 4 is 23.3 Å². The second-order valence-corrected chi connectivity index (χ2v) is 16.5. The molecule has 3 rings (SSSR count). The molecule has 1 aromatic carbocycles. The molecule has 0 radical (unpaired) electrons. The lowest BCUT2D eigenvalue weighted by molar-refractivity contribution is -0.298. The third-order valence-electron chi connectivity index (χ3n) is 11.2. The third kappa shape index (κ3) is 11.8. The van der Waals surface area contributed by atoms with E-state index < -0.39 is 71.9 Å². The Labute approximate surface area is 316 Å². The van der Waals surface area contributed by atoms with Gasteiger partial charge in [0, 0.05) is 38.1 Å². The highest BCUT2D eigenvalue weighted by Crippen LogP contribution is 2.37. The van der Waals surface area contributed by atoms with Crippen molar-refractivity contribution < 1.29 is 44.5 Å². The molecule has 0 aliphatic carbocycles. The summed E-state index contributed by atoms with van der Waals surface area (Å²) in [7, 11) is 0. The van der Waals surface area contributed by atoms with Gasteiger partial charge in [0.1, 0.15) is 23.9 Å². The van der Waals surface area contributed by atoms with Gasteiger partial charge in [-0.1, -0.05) is 58.0 Å². The van der Waals surface area contributed by atoms with Gasteiger partial charge in [0.15, 0.2) is 11.4 Å². The molecule has 2 aliphatic heterocycles. The van der Waals surface area contributed by atoms with Gasteiger partial charge in [-0.2, -0.15) is 0 Å². The normalized spacial score (nSPS) is 40.2. The number of nitrogens with one attached hydrogen (secondary N) is 2. The molecular weight excluding hydrogens is 687 g/mol. The van der Waals surface area contributed by atoms with E-state index in [0.29, 0.717) is 44.1 Å². The minimum Gasteiger partial charge on any atom is -0.459 e. The lowest BCUT2D eigenvalue weighted by Crippen LogP contribution is -2.59. The summed E-state index contributed by atoms with van der Waals surface area (Å²) in [6.07, 6.45) is -5.17. The van der Waals surface area contributed by atoms with Gasteiger partial charge in [-0.15, -0.1) is 0 Å². The zero-order valence-electron chi connectivity index (χ0n) is 32.7. The first-order valence-electron chi connectivity index (χ1n) is 19.1. The number of aliphatic hydroxyl groups is 5. The molecule has 2 heterocycles. The van der Waals surface area contributed by atoms with Gasteiger partial charge in [-0.3, -0.25) is 9.69 Å². The Hall–Kier alpha value is -1.94. The topological polar surface area (TPSA) is 173 Å². The highest BCUT2D eigenvalue weighted by Gasteiger charge is 2.49. The molecule has 13 heteroatoms. The maximum absolute atomic E-state index is 13.5. The number of esters is 1. The number of cyclic esters (lactones) is 1.